The monoisotopic (exact) mass is 562 g/mol. The molecule has 1 saturated heterocycles. The Balaban J connectivity index is 1.48. The molecule has 4 N–H and O–H groups in total. The molecule has 1 aliphatic heterocycles. The first-order valence-electron chi connectivity index (χ1n) is 13.4. The van der Waals surface area contributed by atoms with E-state index >= 15 is 0 Å². The third kappa shape index (κ3) is 7.32. The van der Waals surface area contributed by atoms with E-state index in [4.69, 9.17) is 0 Å². The van der Waals surface area contributed by atoms with Crippen molar-refractivity contribution in [3.63, 3.8) is 0 Å². The summed E-state index contributed by atoms with van der Waals surface area (Å²) in [5.74, 6) is -2.15. The molecule has 0 spiro atoms. The van der Waals surface area contributed by atoms with Crippen LogP contribution in [0.4, 0.5) is 0 Å². The van der Waals surface area contributed by atoms with Crippen LogP contribution in [0, 0.1) is 11.8 Å². The maximum Gasteiger partial charge on any atom is 0.262 e. The minimum Gasteiger partial charge on any atom is -0.356 e. The van der Waals surface area contributed by atoms with Gasteiger partial charge in [0, 0.05) is 23.6 Å². The fourth-order valence-electron chi connectivity index (χ4n) is 4.77. The van der Waals surface area contributed by atoms with Gasteiger partial charge in [-0.15, -0.1) is 11.3 Å². The highest BCUT2D eigenvalue weighted by atomic mass is 32.1. The molecule has 210 valence electrons. The highest BCUT2D eigenvalue weighted by Crippen LogP contribution is 2.25. The number of nitrogens with one attached hydrogen (secondary N) is 4. The number of amides is 4. The van der Waals surface area contributed by atoms with Crippen LogP contribution in [0.2, 0.25) is 0 Å². The first-order chi connectivity index (χ1) is 19.2. The molecule has 0 saturated carbocycles. The molecule has 2 heterocycles. The van der Waals surface area contributed by atoms with Gasteiger partial charge in [-0.3, -0.25) is 19.2 Å². The molecule has 2 aromatic carbocycles. The second kappa shape index (κ2) is 13.3. The van der Waals surface area contributed by atoms with Crippen molar-refractivity contribution in [3.05, 3.63) is 71.1 Å². The Hall–Kier alpha value is -4.05. The van der Waals surface area contributed by atoms with Crippen LogP contribution in [0.5, 0.6) is 0 Å². The van der Waals surface area contributed by atoms with Crippen LogP contribution in [0.25, 0.3) is 10.1 Å². The van der Waals surface area contributed by atoms with Crippen molar-refractivity contribution in [2.24, 2.45) is 11.8 Å². The fraction of sp³-hybridized carbons (Fsp3) is 0.367. The average molecular weight is 563 g/mol. The predicted molar refractivity (Wildman–Crippen MR) is 154 cm³/mol. The number of thiophene rings is 1. The second-order valence-corrected chi connectivity index (χ2v) is 11.4. The van der Waals surface area contributed by atoms with Gasteiger partial charge in [0.15, 0.2) is 0 Å². The molecule has 4 atom stereocenters. The van der Waals surface area contributed by atoms with E-state index in [1.54, 1.807) is 6.07 Å². The number of hydrogen-bond acceptors (Lipinski definition) is 6. The molecule has 1 aliphatic rings. The third-order valence-electron chi connectivity index (χ3n) is 6.99. The van der Waals surface area contributed by atoms with Gasteiger partial charge in [-0.25, -0.2) is 0 Å². The lowest BCUT2D eigenvalue weighted by molar-refractivity contribution is -0.131. The molecule has 4 amide bonds. The van der Waals surface area contributed by atoms with E-state index in [1.807, 2.05) is 68.4 Å². The zero-order valence-corrected chi connectivity index (χ0v) is 23.3. The van der Waals surface area contributed by atoms with Crippen LogP contribution in [0.3, 0.4) is 0 Å². The SMILES string of the molecule is CC(C)C(NC(=O)c1cc2ccccc2s1)C(=O)N[C@@H](Cc1ccccc1)C(=O)N[C@H](C=O)C[C@@H]1CCNC1=O. The summed E-state index contributed by atoms with van der Waals surface area (Å²) in [6, 6.07) is 15.9. The maximum atomic E-state index is 13.5. The van der Waals surface area contributed by atoms with Gasteiger partial charge in [0.2, 0.25) is 17.7 Å². The Kier molecular flexibility index (Phi) is 9.65. The topological polar surface area (TPSA) is 133 Å². The lowest BCUT2D eigenvalue weighted by Gasteiger charge is -2.26. The molecule has 3 aromatic rings. The number of rotatable bonds is 12. The lowest BCUT2D eigenvalue weighted by atomic mass is 9.98. The van der Waals surface area contributed by atoms with Crippen molar-refractivity contribution in [1.29, 1.82) is 0 Å². The smallest absolute Gasteiger partial charge is 0.262 e. The van der Waals surface area contributed by atoms with Crippen LogP contribution >= 0.6 is 11.3 Å². The molecule has 9 nitrogen and oxygen atoms in total. The van der Waals surface area contributed by atoms with E-state index in [2.05, 4.69) is 21.3 Å². The van der Waals surface area contributed by atoms with Crippen molar-refractivity contribution < 1.29 is 24.0 Å². The zero-order chi connectivity index (χ0) is 28.6. The number of carbonyl (C=O) groups is 5. The molecule has 10 heteroatoms. The predicted octanol–water partition coefficient (Wildman–Crippen LogP) is 2.59. The quantitative estimate of drug-likeness (QED) is 0.252. The number of fused-ring (bicyclic) bond motifs is 1. The average Bonchev–Trinajstić information content (AvgIpc) is 3.57. The summed E-state index contributed by atoms with van der Waals surface area (Å²) in [6.07, 6.45) is 1.59. The van der Waals surface area contributed by atoms with Crippen LogP contribution in [-0.4, -0.2) is 54.6 Å². The number of aldehydes is 1. The van der Waals surface area contributed by atoms with E-state index in [9.17, 15) is 24.0 Å². The summed E-state index contributed by atoms with van der Waals surface area (Å²) in [7, 11) is 0. The summed E-state index contributed by atoms with van der Waals surface area (Å²) in [5.41, 5.74) is 0.816. The van der Waals surface area contributed by atoms with Crippen molar-refractivity contribution in [2.75, 3.05) is 6.54 Å². The van der Waals surface area contributed by atoms with Gasteiger partial charge in [-0.05, 0) is 41.8 Å². The van der Waals surface area contributed by atoms with Crippen molar-refractivity contribution in [2.45, 2.75) is 51.2 Å². The Morgan fingerprint density at radius 3 is 2.38 bits per heavy atom. The minimum absolute atomic E-state index is 0.135. The maximum absolute atomic E-state index is 13.5. The highest BCUT2D eigenvalue weighted by molar-refractivity contribution is 7.20. The second-order valence-electron chi connectivity index (χ2n) is 10.4. The Labute approximate surface area is 237 Å². The van der Waals surface area contributed by atoms with Crippen molar-refractivity contribution in [1.82, 2.24) is 21.3 Å². The van der Waals surface area contributed by atoms with Crippen LogP contribution in [0.15, 0.2) is 60.7 Å². The van der Waals surface area contributed by atoms with Crippen LogP contribution < -0.4 is 21.3 Å². The standard InChI is InChI=1S/C30H34N4O5S/c1-18(2)26(34-29(38)25-16-20-10-6-7-11-24(20)40-25)30(39)33-23(14-19-8-4-3-5-9-19)28(37)32-22(17-35)15-21-12-13-31-27(21)36/h3-11,16-18,21-23,26H,12-15H2,1-2H3,(H,31,36)(H,32,37)(H,33,39)(H,34,38)/t21-,22-,23-,26?/m0/s1. The largest absolute Gasteiger partial charge is 0.356 e. The Morgan fingerprint density at radius 1 is 1.00 bits per heavy atom. The normalized spacial score (nSPS) is 17.1. The Bertz CT molecular complexity index is 1340. The third-order valence-corrected chi connectivity index (χ3v) is 8.11. The van der Waals surface area contributed by atoms with E-state index < -0.39 is 29.9 Å². The lowest BCUT2D eigenvalue weighted by Crippen LogP contribution is -2.57. The fourth-order valence-corrected chi connectivity index (χ4v) is 5.74. The number of benzene rings is 2. The van der Waals surface area contributed by atoms with Gasteiger partial charge in [-0.1, -0.05) is 62.4 Å². The molecule has 1 fully saturated rings. The summed E-state index contributed by atoms with van der Waals surface area (Å²) in [4.78, 5) is 64.2. The van der Waals surface area contributed by atoms with Crippen LogP contribution in [0.1, 0.15) is 41.9 Å². The molecule has 40 heavy (non-hydrogen) atoms. The number of carbonyl (C=O) groups excluding carboxylic acids is 5. The Morgan fingerprint density at radius 2 is 1.73 bits per heavy atom. The van der Waals surface area contributed by atoms with Gasteiger partial charge in [0.1, 0.15) is 18.4 Å². The molecule has 0 aliphatic carbocycles. The summed E-state index contributed by atoms with van der Waals surface area (Å²) in [6.45, 7) is 4.17. The van der Waals surface area contributed by atoms with Gasteiger partial charge in [0.05, 0.1) is 10.9 Å². The molecule has 1 aromatic heterocycles. The van der Waals surface area contributed by atoms with Gasteiger partial charge in [-0.2, -0.15) is 0 Å². The molecule has 4 rings (SSSR count). The van der Waals surface area contributed by atoms with Gasteiger partial charge in [0.25, 0.3) is 5.91 Å². The molecule has 0 radical (unpaired) electrons. The number of hydrogen-bond donors (Lipinski definition) is 4. The van der Waals surface area contributed by atoms with Crippen LogP contribution in [-0.2, 0) is 25.6 Å². The highest BCUT2D eigenvalue weighted by Gasteiger charge is 2.32. The first kappa shape index (κ1) is 28.9. The summed E-state index contributed by atoms with van der Waals surface area (Å²) >= 11 is 1.34. The van der Waals surface area contributed by atoms with E-state index in [1.165, 1.54) is 11.3 Å². The van der Waals surface area contributed by atoms with E-state index in [0.717, 1.165) is 15.6 Å². The molecular weight excluding hydrogens is 528 g/mol. The molecule has 1 unspecified atom stereocenters. The first-order valence-corrected chi connectivity index (χ1v) is 14.2. The van der Waals surface area contributed by atoms with E-state index in [-0.39, 0.29) is 36.5 Å². The minimum atomic E-state index is -1.00. The van der Waals surface area contributed by atoms with Crippen molar-refractivity contribution >= 4 is 51.3 Å². The zero-order valence-electron chi connectivity index (χ0n) is 22.5. The van der Waals surface area contributed by atoms with Gasteiger partial charge < -0.3 is 26.1 Å². The molecule has 0 bridgehead atoms. The summed E-state index contributed by atoms with van der Waals surface area (Å²) in [5, 5.41) is 12.0. The van der Waals surface area contributed by atoms with E-state index in [0.29, 0.717) is 24.1 Å². The molecular formula is C30H34N4O5S. The van der Waals surface area contributed by atoms with Gasteiger partial charge >= 0.3 is 0 Å². The van der Waals surface area contributed by atoms with Crippen molar-refractivity contribution in [3.8, 4) is 0 Å². The summed E-state index contributed by atoms with van der Waals surface area (Å²) < 4.78 is 0.970.